The molecule has 140 valence electrons. The van der Waals surface area contributed by atoms with Gasteiger partial charge in [0, 0.05) is 6.04 Å². The Morgan fingerprint density at radius 2 is 1.69 bits per heavy atom. The molecule has 1 atom stereocenters. The molecule has 1 N–H and O–H groups in total. The van der Waals surface area contributed by atoms with Gasteiger partial charge < -0.3 is 4.74 Å². The van der Waals surface area contributed by atoms with E-state index in [1.807, 2.05) is 44.2 Å². The Morgan fingerprint density at radius 3 is 2.27 bits per heavy atom. The first kappa shape index (κ1) is 18.9. The van der Waals surface area contributed by atoms with Crippen molar-refractivity contribution in [2.24, 2.45) is 0 Å². The van der Waals surface area contributed by atoms with Crippen LogP contribution in [0, 0.1) is 6.92 Å². The number of ether oxygens (including phenoxy) is 1. The molecule has 2 aromatic carbocycles. The fraction of sp³-hybridized carbons (Fsp3) is 0.429. The summed E-state index contributed by atoms with van der Waals surface area (Å²) in [5, 5.41) is 0. The number of aryl methyl sites for hydroxylation is 3. The number of benzene rings is 2. The van der Waals surface area contributed by atoms with Gasteiger partial charge in [-0.25, -0.2) is 13.1 Å². The predicted molar refractivity (Wildman–Crippen MR) is 104 cm³/mol. The molecule has 0 saturated carbocycles. The Balaban J connectivity index is 1.95. The first-order valence-electron chi connectivity index (χ1n) is 9.23. The Morgan fingerprint density at radius 1 is 1.08 bits per heavy atom. The van der Waals surface area contributed by atoms with Crippen molar-refractivity contribution in [3.05, 3.63) is 58.7 Å². The zero-order valence-corrected chi connectivity index (χ0v) is 16.5. The molecule has 0 bridgehead atoms. The topological polar surface area (TPSA) is 55.4 Å². The summed E-state index contributed by atoms with van der Waals surface area (Å²) in [6, 6.07) is 11.4. The van der Waals surface area contributed by atoms with Crippen molar-refractivity contribution in [2.45, 2.75) is 56.9 Å². The number of sulfonamides is 1. The average molecular weight is 374 g/mol. The number of methoxy groups -OCH3 is 1. The van der Waals surface area contributed by atoms with E-state index in [0.717, 1.165) is 42.4 Å². The number of hydrogen-bond acceptors (Lipinski definition) is 3. The number of rotatable bonds is 6. The molecule has 0 spiro atoms. The van der Waals surface area contributed by atoms with Crippen LogP contribution in [0.1, 0.15) is 54.5 Å². The minimum atomic E-state index is -3.68. The lowest BCUT2D eigenvalue weighted by Crippen LogP contribution is -2.29. The molecular weight excluding hydrogens is 346 g/mol. The number of fused-ring (bicyclic) bond motifs is 1. The average Bonchev–Trinajstić information content (AvgIpc) is 2.65. The van der Waals surface area contributed by atoms with Crippen molar-refractivity contribution in [3.8, 4) is 5.75 Å². The molecule has 5 heteroatoms. The number of nitrogens with one attached hydrogen (secondary N) is 1. The highest BCUT2D eigenvalue weighted by Gasteiger charge is 2.26. The molecule has 1 aliphatic carbocycles. The Hall–Kier alpha value is -1.85. The smallest absolute Gasteiger partial charge is 0.244 e. The lowest BCUT2D eigenvalue weighted by atomic mass is 9.92. The van der Waals surface area contributed by atoms with E-state index in [0.29, 0.717) is 12.2 Å². The van der Waals surface area contributed by atoms with Crippen molar-refractivity contribution in [2.75, 3.05) is 7.11 Å². The second kappa shape index (κ2) is 7.80. The van der Waals surface area contributed by atoms with Crippen LogP contribution in [-0.2, 0) is 22.9 Å². The molecule has 26 heavy (non-hydrogen) atoms. The van der Waals surface area contributed by atoms with Crippen LogP contribution < -0.4 is 9.46 Å². The Kier molecular flexibility index (Phi) is 5.68. The Labute approximate surface area is 156 Å². The van der Waals surface area contributed by atoms with E-state index in [2.05, 4.69) is 4.72 Å². The first-order valence-corrected chi connectivity index (χ1v) is 10.7. The molecule has 0 aromatic heterocycles. The van der Waals surface area contributed by atoms with E-state index < -0.39 is 10.0 Å². The molecule has 0 amide bonds. The molecule has 1 aliphatic rings. The molecule has 0 unspecified atom stereocenters. The third kappa shape index (κ3) is 3.94. The minimum absolute atomic E-state index is 0.242. The van der Waals surface area contributed by atoms with Crippen LogP contribution in [0.25, 0.3) is 0 Å². The van der Waals surface area contributed by atoms with Gasteiger partial charge in [-0.2, -0.15) is 0 Å². The van der Waals surface area contributed by atoms with Crippen LogP contribution in [0.4, 0.5) is 0 Å². The third-order valence-corrected chi connectivity index (χ3v) is 6.60. The van der Waals surface area contributed by atoms with Crippen LogP contribution in [0.5, 0.6) is 5.75 Å². The van der Waals surface area contributed by atoms with E-state index in [1.165, 1.54) is 12.7 Å². The lowest BCUT2D eigenvalue weighted by molar-refractivity contribution is 0.400. The second-order valence-electron chi connectivity index (χ2n) is 6.97. The highest BCUT2D eigenvalue weighted by atomic mass is 32.2. The van der Waals surface area contributed by atoms with Gasteiger partial charge in [-0.3, -0.25) is 0 Å². The molecule has 0 fully saturated rings. The zero-order valence-electron chi connectivity index (χ0n) is 15.7. The summed E-state index contributed by atoms with van der Waals surface area (Å²) in [6.07, 6.45) is 4.84. The molecule has 0 saturated heterocycles. The fourth-order valence-electron chi connectivity index (χ4n) is 3.55. The molecule has 4 nitrogen and oxygen atoms in total. The van der Waals surface area contributed by atoms with Gasteiger partial charge in [0.2, 0.25) is 10.0 Å². The Bertz CT molecular complexity index is 873. The molecule has 0 heterocycles. The number of hydrogen-bond donors (Lipinski definition) is 1. The van der Waals surface area contributed by atoms with Gasteiger partial charge in [0.25, 0.3) is 0 Å². The summed E-state index contributed by atoms with van der Waals surface area (Å²) < 4.78 is 34.5. The highest BCUT2D eigenvalue weighted by Crippen LogP contribution is 2.33. The second-order valence-corrected chi connectivity index (χ2v) is 8.65. The lowest BCUT2D eigenvalue weighted by Gasteiger charge is -2.22. The van der Waals surface area contributed by atoms with Crippen LogP contribution >= 0.6 is 0 Å². The van der Waals surface area contributed by atoms with Crippen molar-refractivity contribution >= 4 is 10.0 Å². The van der Waals surface area contributed by atoms with Crippen LogP contribution in [0.15, 0.2) is 41.3 Å². The summed E-state index contributed by atoms with van der Waals surface area (Å²) in [5.41, 5.74) is 4.46. The summed E-state index contributed by atoms with van der Waals surface area (Å²) in [6.45, 7) is 4.00. The molecule has 0 aliphatic heterocycles. The van der Waals surface area contributed by atoms with Gasteiger partial charge in [0.1, 0.15) is 10.6 Å². The highest BCUT2D eigenvalue weighted by molar-refractivity contribution is 7.89. The standard InChI is InChI=1S/C21H27NO3S/c1-4-19(16-11-9-15(2)10-12-16)22-26(23,24)21-14-18-8-6-5-7-17(18)13-20(21)25-3/h9-14,19,22H,4-8H2,1-3H3/t19-/m1/s1. The summed E-state index contributed by atoms with van der Waals surface area (Å²) in [5.74, 6) is 0.428. The maximum atomic E-state index is 13.1. The van der Waals surface area contributed by atoms with Crippen LogP contribution in [0.2, 0.25) is 0 Å². The van der Waals surface area contributed by atoms with Gasteiger partial charge in [0.05, 0.1) is 7.11 Å². The molecule has 0 radical (unpaired) electrons. The largest absolute Gasteiger partial charge is 0.495 e. The van der Waals surface area contributed by atoms with E-state index in [4.69, 9.17) is 4.74 Å². The van der Waals surface area contributed by atoms with Crippen molar-refractivity contribution in [1.82, 2.24) is 4.72 Å². The summed E-state index contributed by atoms with van der Waals surface area (Å²) in [7, 11) is -2.15. The first-order chi connectivity index (χ1) is 12.4. The molecule has 3 rings (SSSR count). The minimum Gasteiger partial charge on any atom is -0.495 e. The SMILES string of the molecule is CC[C@@H](NS(=O)(=O)c1cc2c(cc1OC)CCCC2)c1ccc(C)cc1. The molecule has 2 aromatic rings. The van der Waals surface area contributed by atoms with Gasteiger partial charge in [0.15, 0.2) is 0 Å². The maximum Gasteiger partial charge on any atom is 0.244 e. The van der Waals surface area contributed by atoms with Gasteiger partial charge in [-0.05, 0) is 67.9 Å². The fourth-order valence-corrected chi connectivity index (χ4v) is 5.06. The van der Waals surface area contributed by atoms with Gasteiger partial charge in [-0.1, -0.05) is 36.8 Å². The van der Waals surface area contributed by atoms with Crippen LogP contribution in [-0.4, -0.2) is 15.5 Å². The third-order valence-electron chi connectivity index (χ3n) is 5.10. The predicted octanol–water partition coefficient (Wildman–Crippen LogP) is 4.31. The van der Waals surface area contributed by atoms with E-state index in [1.54, 1.807) is 6.07 Å². The van der Waals surface area contributed by atoms with Gasteiger partial charge in [-0.15, -0.1) is 0 Å². The normalized spacial score (nSPS) is 15.3. The van der Waals surface area contributed by atoms with Crippen molar-refractivity contribution in [3.63, 3.8) is 0 Å². The summed E-state index contributed by atoms with van der Waals surface area (Å²) in [4.78, 5) is 0.242. The summed E-state index contributed by atoms with van der Waals surface area (Å²) >= 11 is 0. The van der Waals surface area contributed by atoms with Crippen LogP contribution in [0.3, 0.4) is 0 Å². The quantitative estimate of drug-likeness (QED) is 0.821. The monoisotopic (exact) mass is 373 g/mol. The van der Waals surface area contributed by atoms with Gasteiger partial charge >= 0.3 is 0 Å². The van der Waals surface area contributed by atoms with Crippen molar-refractivity contribution in [1.29, 1.82) is 0 Å². The van der Waals surface area contributed by atoms with Crippen molar-refractivity contribution < 1.29 is 13.2 Å². The maximum absolute atomic E-state index is 13.1. The van der Waals surface area contributed by atoms with E-state index >= 15 is 0 Å². The van der Waals surface area contributed by atoms with E-state index in [-0.39, 0.29) is 10.9 Å². The van der Waals surface area contributed by atoms with E-state index in [9.17, 15) is 8.42 Å². The molecular formula is C21H27NO3S. The zero-order chi connectivity index (χ0) is 18.7.